The summed E-state index contributed by atoms with van der Waals surface area (Å²) < 4.78 is 0. The number of rotatable bonds is 7. The third kappa shape index (κ3) is 4.58. The molecule has 0 aliphatic carbocycles. The molecular formula is C13H17N3OS2. The third-order valence-corrected chi connectivity index (χ3v) is 4.08. The van der Waals surface area contributed by atoms with Crippen LogP contribution in [0, 0.1) is 0 Å². The quantitative estimate of drug-likeness (QED) is 0.627. The highest BCUT2D eigenvalue weighted by Gasteiger charge is 2.08. The molecule has 4 nitrogen and oxygen atoms in total. The molecule has 19 heavy (non-hydrogen) atoms. The SMILES string of the molecule is CSc1ncc(CN(CCO)Cc2cccs2)cn1. The van der Waals surface area contributed by atoms with Gasteiger partial charge in [-0.3, -0.25) is 4.90 Å². The largest absolute Gasteiger partial charge is 0.395 e. The van der Waals surface area contributed by atoms with E-state index in [0.29, 0.717) is 6.54 Å². The Labute approximate surface area is 121 Å². The summed E-state index contributed by atoms with van der Waals surface area (Å²) in [5.74, 6) is 0. The van der Waals surface area contributed by atoms with E-state index >= 15 is 0 Å². The van der Waals surface area contributed by atoms with Crippen molar-refractivity contribution in [1.29, 1.82) is 0 Å². The van der Waals surface area contributed by atoms with Gasteiger partial charge in [0.05, 0.1) is 6.61 Å². The van der Waals surface area contributed by atoms with Crippen LogP contribution in [-0.2, 0) is 13.1 Å². The Balaban J connectivity index is 1.98. The number of hydrogen-bond donors (Lipinski definition) is 1. The molecule has 0 bridgehead atoms. The molecule has 2 heterocycles. The average Bonchev–Trinajstić information content (AvgIpc) is 2.93. The summed E-state index contributed by atoms with van der Waals surface area (Å²) in [5.41, 5.74) is 1.07. The van der Waals surface area contributed by atoms with E-state index in [9.17, 15) is 0 Å². The Morgan fingerprint density at radius 3 is 2.68 bits per heavy atom. The van der Waals surface area contributed by atoms with E-state index in [1.54, 1.807) is 11.3 Å². The van der Waals surface area contributed by atoms with Gasteiger partial charge in [-0.1, -0.05) is 17.8 Å². The summed E-state index contributed by atoms with van der Waals surface area (Å²) in [4.78, 5) is 12.0. The number of thioether (sulfide) groups is 1. The first-order valence-electron chi connectivity index (χ1n) is 6.02. The maximum absolute atomic E-state index is 9.15. The summed E-state index contributed by atoms with van der Waals surface area (Å²) in [6.07, 6.45) is 5.68. The number of aliphatic hydroxyl groups excluding tert-OH is 1. The number of aliphatic hydroxyl groups is 1. The van der Waals surface area contributed by atoms with Crippen LogP contribution in [0.5, 0.6) is 0 Å². The molecule has 0 aliphatic heterocycles. The van der Waals surface area contributed by atoms with Crippen molar-refractivity contribution in [2.75, 3.05) is 19.4 Å². The highest BCUT2D eigenvalue weighted by atomic mass is 32.2. The Bertz CT molecular complexity index is 473. The van der Waals surface area contributed by atoms with Crippen LogP contribution in [0.25, 0.3) is 0 Å². The Kier molecular flexibility index (Phi) is 5.78. The lowest BCUT2D eigenvalue weighted by molar-refractivity contribution is 0.185. The molecule has 0 unspecified atom stereocenters. The number of hydrogen-bond acceptors (Lipinski definition) is 6. The van der Waals surface area contributed by atoms with Crippen molar-refractivity contribution in [2.24, 2.45) is 0 Å². The summed E-state index contributed by atoms with van der Waals surface area (Å²) in [6, 6.07) is 4.16. The van der Waals surface area contributed by atoms with Gasteiger partial charge in [-0.2, -0.15) is 0 Å². The topological polar surface area (TPSA) is 49.2 Å². The summed E-state index contributed by atoms with van der Waals surface area (Å²) in [7, 11) is 0. The van der Waals surface area contributed by atoms with E-state index in [0.717, 1.165) is 23.8 Å². The van der Waals surface area contributed by atoms with Crippen LogP contribution < -0.4 is 0 Å². The normalized spacial score (nSPS) is 11.1. The highest BCUT2D eigenvalue weighted by Crippen LogP contribution is 2.14. The van der Waals surface area contributed by atoms with Gasteiger partial charge in [0, 0.05) is 42.5 Å². The second-order valence-corrected chi connectivity index (χ2v) is 5.90. The molecule has 0 fully saturated rings. The van der Waals surface area contributed by atoms with Gasteiger partial charge in [0.1, 0.15) is 0 Å². The van der Waals surface area contributed by atoms with Crippen LogP contribution in [-0.4, -0.2) is 39.4 Å². The van der Waals surface area contributed by atoms with E-state index in [4.69, 9.17) is 5.11 Å². The minimum absolute atomic E-state index is 0.162. The standard InChI is InChI=1S/C13H17N3OS2/c1-18-13-14-7-11(8-15-13)9-16(4-5-17)10-12-3-2-6-19-12/h2-3,6-8,17H,4-5,9-10H2,1H3. The molecule has 2 rings (SSSR count). The van der Waals surface area contributed by atoms with E-state index in [1.807, 2.05) is 24.7 Å². The maximum Gasteiger partial charge on any atom is 0.187 e. The number of thiophene rings is 1. The first-order chi connectivity index (χ1) is 9.31. The van der Waals surface area contributed by atoms with Gasteiger partial charge in [0.15, 0.2) is 5.16 Å². The molecule has 102 valence electrons. The Morgan fingerprint density at radius 1 is 1.32 bits per heavy atom. The molecular weight excluding hydrogens is 278 g/mol. The van der Waals surface area contributed by atoms with Crippen molar-refractivity contribution in [2.45, 2.75) is 18.2 Å². The van der Waals surface area contributed by atoms with E-state index in [1.165, 1.54) is 16.6 Å². The predicted molar refractivity (Wildman–Crippen MR) is 79.3 cm³/mol. The zero-order valence-corrected chi connectivity index (χ0v) is 12.5. The fraction of sp³-hybridized carbons (Fsp3) is 0.385. The summed E-state index contributed by atoms with van der Waals surface area (Å²) in [5, 5.41) is 12.0. The van der Waals surface area contributed by atoms with Crippen LogP contribution in [0.1, 0.15) is 10.4 Å². The van der Waals surface area contributed by atoms with Crippen LogP contribution in [0.3, 0.4) is 0 Å². The zero-order valence-electron chi connectivity index (χ0n) is 10.8. The van der Waals surface area contributed by atoms with Gasteiger partial charge < -0.3 is 5.11 Å². The van der Waals surface area contributed by atoms with Crippen molar-refractivity contribution in [3.63, 3.8) is 0 Å². The molecule has 0 amide bonds. The van der Waals surface area contributed by atoms with E-state index in [-0.39, 0.29) is 6.61 Å². The fourth-order valence-corrected chi connectivity index (χ4v) is 2.83. The molecule has 6 heteroatoms. The molecule has 2 aromatic rings. The van der Waals surface area contributed by atoms with Crippen LogP contribution in [0.2, 0.25) is 0 Å². The molecule has 0 atom stereocenters. The van der Waals surface area contributed by atoms with E-state index < -0.39 is 0 Å². The van der Waals surface area contributed by atoms with Crippen molar-refractivity contribution < 1.29 is 5.11 Å². The average molecular weight is 295 g/mol. The smallest absolute Gasteiger partial charge is 0.187 e. The minimum atomic E-state index is 0.162. The van der Waals surface area contributed by atoms with Gasteiger partial charge in [0.25, 0.3) is 0 Å². The molecule has 0 saturated heterocycles. The van der Waals surface area contributed by atoms with E-state index in [2.05, 4.69) is 26.3 Å². The van der Waals surface area contributed by atoms with Gasteiger partial charge in [0.2, 0.25) is 0 Å². The molecule has 0 aliphatic rings. The van der Waals surface area contributed by atoms with Crippen molar-refractivity contribution in [3.8, 4) is 0 Å². The first kappa shape index (κ1) is 14.5. The molecule has 2 aromatic heterocycles. The minimum Gasteiger partial charge on any atom is -0.395 e. The predicted octanol–water partition coefficient (Wildman–Crippen LogP) is 2.25. The van der Waals surface area contributed by atoms with Crippen LogP contribution in [0.4, 0.5) is 0 Å². The lowest BCUT2D eigenvalue weighted by Gasteiger charge is -2.20. The lowest BCUT2D eigenvalue weighted by atomic mass is 10.3. The van der Waals surface area contributed by atoms with Crippen molar-refractivity contribution in [1.82, 2.24) is 14.9 Å². The van der Waals surface area contributed by atoms with Crippen LogP contribution in [0.15, 0.2) is 35.1 Å². The zero-order chi connectivity index (χ0) is 13.5. The summed E-state index contributed by atoms with van der Waals surface area (Å²) >= 11 is 3.27. The van der Waals surface area contributed by atoms with Gasteiger partial charge in [-0.15, -0.1) is 11.3 Å². The Morgan fingerprint density at radius 2 is 2.11 bits per heavy atom. The van der Waals surface area contributed by atoms with Gasteiger partial charge in [-0.25, -0.2) is 9.97 Å². The fourth-order valence-electron chi connectivity index (χ4n) is 1.77. The molecule has 0 spiro atoms. The third-order valence-electron chi connectivity index (χ3n) is 2.65. The molecule has 0 radical (unpaired) electrons. The van der Waals surface area contributed by atoms with Crippen LogP contribution >= 0.6 is 23.1 Å². The molecule has 0 saturated carbocycles. The first-order valence-corrected chi connectivity index (χ1v) is 8.12. The molecule has 1 N–H and O–H groups in total. The highest BCUT2D eigenvalue weighted by molar-refractivity contribution is 7.98. The van der Waals surface area contributed by atoms with Crippen molar-refractivity contribution >= 4 is 23.1 Å². The monoisotopic (exact) mass is 295 g/mol. The lowest BCUT2D eigenvalue weighted by Crippen LogP contribution is -2.25. The second kappa shape index (κ2) is 7.59. The Hall–Kier alpha value is -0.950. The number of nitrogens with zero attached hydrogens (tertiary/aromatic N) is 3. The maximum atomic E-state index is 9.15. The van der Waals surface area contributed by atoms with Crippen molar-refractivity contribution in [3.05, 3.63) is 40.3 Å². The number of aromatic nitrogens is 2. The van der Waals surface area contributed by atoms with Gasteiger partial charge in [-0.05, 0) is 17.7 Å². The summed E-state index contributed by atoms with van der Waals surface area (Å²) in [6.45, 7) is 2.42. The molecule has 0 aromatic carbocycles. The second-order valence-electron chi connectivity index (χ2n) is 4.09. The van der Waals surface area contributed by atoms with Gasteiger partial charge >= 0.3 is 0 Å².